The summed E-state index contributed by atoms with van der Waals surface area (Å²) in [6, 6.07) is 6.11. The smallest absolute Gasteiger partial charge is 0.284 e. The van der Waals surface area contributed by atoms with Crippen LogP contribution in [-0.4, -0.2) is 15.0 Å². The standard InChI is InChI=1S/C10H6N2O5/c13-9-5-4-8(12(16)17)10-6(9)2-1-3-7(10)11(14)15/h1-5,13H. The lowest BCUT2D eigenvalue weighted by Gasteiger charge is -2.02. The van der Waals surface area contributed by atoms with Gasteiger partial charge in [0.15, 0.2) is 0 Å². The highest BCUT2D eigenvalue weighted by Crippen LogP contribution is 2.37. The first-order valence-electron chi connectivity index (χ1n) is 4.56. The van der Waals surface area contributed by atoms with Crippen molar-refractivity contribution < 1.29 is 15.0 Å². The second-order valence-electron chi connectivity index (χ2n) is 3.32. The Labute approximate surface area is 94.2 Å². The average Bonchev–Trinajstić information content (AvgIpc) is 2.28. The summed E-state index contributed by atoms with van der Waals surface area (Å²) in [5.41, 5.74) is -0.796. The van der Waals surface area contributed by atoms with Crippen molar-refractivity contribution in [2.45, 2.75) is 0 Å². The highest BCUT2D eigenvalue weighted by Gasteiger charge is 2.23. The fourth-order valence-corrected chi connectivity index (χ4v) is 1.66. The molecule has 0 fully saturated rings. The van der Waals surface area contributed by atoms with Crippen LogP contribution in [0.3, 0.4) is 0 Å². The molecular weight excluding hydrogens is 228 g/mol. The summed E-state index contributed by atoms with van der Waals surface area (Å²) in [7, 11) is 0. The third-order valence-corrected chi connectivity index (χ3v) is 2.37. The van der Waals surface area contributed by atoms with Gasteiger partial charge in [-0.25, -0.2) is 0 Å². The summed E-state index contributed by atoms with van der Waals surface area (Å²) in [6.45, 7) is 0. The fraction of sp³-hybridized carbons (Fsp3) is 0. The topological polar surface area (TPSA) is 107 Å². The van der Waals surface area contributed by atoms with Gasteiger partial charge in [-0.2, -0.15) is 0 Å². The molecule has 0 saturated carbocycles. The van der Waals surface area contributed by atoms with E-state index in [4.69, 9.17) is 0 Å². The van der Waals surface area contributed by atoms with Gasteiger partial charge >= 0.3 is 0 Å². The number of hydrogen-bond donors (Lipinski definition) is 1. The van der Waals surface area contributed by atoms with Gasteiger partial charge in [-0.3, -0.25) is 20.2 Å². The summed E-state index contributed by atoms with van der Waals surface area (Å²) in [5.74, 6) is -0.227. The zero-order chi connectivity index (χ0) is 12.6. The molecule has 0 heterocycles. The number of non-ortho nitro benzene ring substituents is 2. The largest absolute Gasteiger partial charge is 0.507 e. The maximum atomic E-state index is 10.8. The van der Waals surface area contributed by atoms with Crippen LogP contribution in [0, 0.1) is 20.2 Å². The SMILES string of the molecule is O=[N+]([O-])c1cccc2c(O)ccc([N+](=O)[O-])c12. The number of phenolic OH excluding ortho intramolecular Hbond substituents is 1. The van der Waals surface area contributed by atoms with Crippen molar-refractivity contribution in [2.24, 2.45) is 0 Å². The van der Waals surface area contributed by atoms with E-state index in [1.807, 2.05) is 0 Å². The number of nitrogens with zero attached hydrogens (tertiary/aromatic N) is 2. The van der Waals surface area contributed by atoms with Gasteiger partial charge in [0.2, 0.25) is 0 Å². The van der Waals surface area contributed by atoms with Gasteiger partial charge in [-0.15, -0.1) is 0 Å². The Morgan fingerprint density at radius 3 is 2.12 bits per heavy atom. The van der Waals surface area contributed by atoms with Crippen LogP contribution in [0.4, 0.5) is 11.4 Å². The summed E-state index contributed by atoms with van der Waals surface area (Å²) in [4.78, 5) is 20.2. The van der Waals surface area contributed by atoms with Crippen LogP contribution in [0.15, 0.2) is 30.3 Å². The van der Waals surface area contributed by atoms with Crippen LogP contribution in [-0.2, 0) is 0 Å². The molecule has 86 valence electrons. The molecule has 0 unspecified atom stereocenters. The zero-order valence-electron chi connectivity index (χ0n) is 8.36. The molecule has 7 heteroatoms. The normalized spacial score (nSPS) is 10.4. The maximum Gasteiger partial charge on any atom is 0.284 e. The molecule has 0 aliphatic rings. The number of benzene rings is 2. The van der Waals surface area contributed by atoms with E-state index < -0.39 is 21.2 Å². The number of aromatic hydroxyl groups is 1. The summed E-state index contributed by atoms with van der Waals surface area (Å²) >= 11 is 0. The number of phenols is 1. The highest BCUT2D eigenvalue weighted by molar-refractivity contribution is 6.01. The minimum absolute atomic E-state index is 0.0911. The molecule has 0 amide bonds. The Hall–Kier alpha value is -2.70. The van der Waals surface area contributed by atoms with Crippen molar-refractivity contribution >= 4 is 22.1 Å². The Balaban J connectivity index is 2.99. The van der Waals surface area contributed by atoms with Crippen LogP contribution >= 0.6 is 0 Å². The lowest BCUT2D eigenvalue weighted by Crippen LogP contribution is -1.94. The molecule has 17 heavy (non-hydrogen) atoms. The number of fused-ring (bicyclic) bond motifs is 1. The molecular formula is C10H6N2O5. The van der Waals surface area contributed by atoms with Gasteiger partial charge in [0.25, 0.3) is 11.4 Å². The van der Waals surface area contributed by atoms with Gasteiger partial charge < -0.3 is 5.11 Å². The fourth-order valence-electron chi connectivity index (χ4n) is 1.66. The van der Waals surface area contributed by atoms with Gasteiger partial charge in [0, 0.05) is 17.5 Å². The molecule has 2 aromatic rings. The Kier molecular flexibility index (Phi) is 2.36. The van der Waals surface area contributed by atoms with Crippen LogP contribution in [0.2, 0.25) is 0 Å². The Morgan fingerprint density at radius 2 is 1.53 bits per heavy atom. The first-order valence-corrected chi connectivity index (χ1v) is 4.56. The predicted octanol–water partition coefficient (Wildman–Crippen LogP) is 2.36. The third-order valence-electron chi connectivity index (χ3n) is 2.37. The van der Waals surface area contributed by atoms with Crippen molar-refractivity contribution in [1.82, 2.24) is 0 Å². The van der Waals surface area contributed by atoms with Crippen LogP contribution in [0.1, 0.15) is 0 Å². The van der Waals surface area contributed by atoms with Crippen molar-refractivity contribution in [3.8, 4) is 5.75 Å². The average molecular weight is 234 g/mol. The quantitative estimate of drug-likeness (QED) is 0.633. The Morgan fingerprint density at radius 1 is 0.941 bits per heavy atom. The van der Waals surface area contributed by atoms with E-state index in [1.165, 1.54) is 12.1 Å². The van der Waals surface area contributed by atoms with Gasteiger partial charge in [-0.1, -0.05) is 6.07 Å². The minimum Gasteiger partial charge on any atom is -0.507 e. The molecule has 0 aliphatic carbocycles. The molecule has 0 radical (unpaired) electrons. The molecule has 0 bridgehead atoms. The zero-order valence-corrected chi connectivity index (χ0v) is 8.36. The number of nitro benzene ring substituents is 2. The maximum absolute atomic E-state index is 10.8. The monoisotopic (exact) mass is 234 g/mol. The Bertz CT molecular complexity index is 618. The molecule has 0 aliphatic heterocycles. The van der Waals surface area contributed by atoms with Crippen molar-refractivity contribution in [3.05, 3.63) is 50.6 Å². The van der Waals surface area contributed by atoms with E-state index in [0.717, 1.165) is 18.2 Å². The molecule has 0 saturated heterocycles. The van der Waals surface area contributed by atoms with E-state index in [0.29, 0.717) is 0 Å². The van der Waals surface area contributed by atoms with Crippen LogP contribution in [0.5, 0.6) is 5.75 Å². The van der Waals surface area contributed by atoms with Gasteiger partial charge in [0.1, 0.15) is 11.1 Å². The van der Waals surface area contributed by atoms with E-state index in [2.05, 4.69) is 0 Å². The van der Waals surface area contributed by atoms with Crippen molar-refractivity contribution in [2.75, 3.05) is 0 Å². The van der Waals surface area contributed by atoms with Crippen molar-refractivity contribution in [3.63, 3.8) is 0 Å². The van der Waals surface area contributed by atoms with Crippen LogP contribution in [0.25, 0.3) is 10.8 Å². The lowest BCUT2D eigenvalue weighted by atomic mass is 10.1. The summed E-state index contributed by atoms with van der Waals surface area (Å²) in [6.07, 6.45) is 0. The summed E-state index contributed by atoms with van der Waals surface area (Å²) in [5, 5.41) is 31.1. The second-order valence-corrected chi connectivity index (χ2v) is 3.32. The van der Waals surface area contributed by atoms with Crippen molar-refractivity contribution in [1.29, 1.82) is 0 Å². The molecule has 1 N–H and O–H groups in total. The molecule has 0 atom stereocenters. The number of rotatable bonds is 2. The molecule has 0 spiro atoms. The van der Waals surface area contributed by atoms with E-state index in [9.17, 15) is 25.3 Å². The molecule has 0 aromatic heterocycles. The summed E-state index contributed by atoms with van der Waals surface area (Å²) < 4.78 is 0. The first kappa shape index (κ1) is 10.8. The first-order chi connectivity index (χ1) is 8.02. The van der Waals surface area contributed by atoms with Gasteiger partial charge in [-0.05, 0) is 12.1 Å². The number of nitro groups is 2. The predicted molar refractivity (Wildman–Crippen MR) is 58.9 cm³/mol. The molecule has 7 nitrogen and oxygen atoms in total. The highest BCUT2D eigenvalue weighted by atomic mass is 16.6. The molecule has 2 rings (SSSR count). The lowest BCUT2D eigenvalue weighted by molar-refractivity contribution is -0.390. The molecule has 2 aromatic carbocycles. The minimum atomic E-state index is -0.714. The van der Waals surface area contributed by atoms with E-state index in [-0.39, 0.29) is 16.5 Å². The number of hydrogen-bond acceptors (Lipinski definition) is 5. The van der Waals surface area contributed by atoms with Crippen LogP contribution < -0.4 is 0 Å². The van der Waals surface area contributed by atoms with E-state index in [1.54, 1.807) is 0 Å². The van der Waals surface area contributed by atoms with E-state index >= 15 is 0 Å². The third kappa shape index (κ3) is 1.63. The van der Waals surface area contributed by atoms with Gasteiger partial charge in [0.05, 0.1) is 9.85 Å². The second kappa shape index (κ2) is 3.71.